The largest absolute Gasteiger partial charge is 0.467 e. The molecule has 3 N–H and O–H groups in total. The minimum absolute atomic E-state index is 0.120. The van der Waals surface area contributed by atoms with Crippen LogP contribution in [-0.2, 0) is 0 Å². The molecule has 1 amide bonds. The summed E-state index contributed by atoms with van der Waals surface area (Å²) in [6, 6.07) is 1.81. The maximum atomic E-state index is 11.0. The molecular formula is C9H14N4O2. The van der Waals surface area contributed by atoms with Gasteiger partial charge < -0.3 is 15.8 Å². The molecule has 0 aliphatic rings. The van der Waals surface area contributed by atoms with Gasteiger partial charge in [0.25, 0.3) is 5.91 Å². The molecule has 1 aromatic heterocycles. The zero-order valence-electron chi connectivity index (χ0n) is 8.94. The molecule has 0 saturated heterocycles. The van der Waals surface area contributed by atoms with Crippen molar-refractivity contribution in [3.05, 3.63) is 11.8 Å². The van der Waals surface area contributed by atoms with Gasteiger partial charge in [-0.1, -0.05) is 0 Å². The van der Waals surface area contributed by atoms with Crippen molar-refractivity contribution >= 4 is 11.7 Å². The first-order valence-corrected chi connectivity index (χ1v) is 4.52. The third kappa shape index (κ3) is 3.08. The summed E-state index contributed by atoms with van der Waals surface area (Å²) in [4.78, 5) is 18.8. The molecule has 0 atom stereocenters. The molecule has 1 aromatic rings. The quantitative estimate of drug-likeness (QED) is 0.750. The third-order valence-corrected chi connectivity index (χ3v) is 1.58. The van der Waals surface area contributed by atoms with Gasteiger partial charge in [-0.25, -0.2) is 0 Å². The molecule has 15 heavy (non-hydrogen) atoms. The Balaban J connectivity index is 3.05. The number of anilines is 1. The van der Waals surface area contributed by atoms with Gasteiger partial charge in [0.15, 0.2) is 0 Å². The van der Waals surface area contributed by atoms with Crippen LogP contribution in [-0.4, -0.2) is 29.0 Å². The smallest absolute Gasteiger partial charge is 0.318 e. The molecule has 0 fully saturated rings. The summed E-state index contributed by atoms with van der Waals surface area (Å²) in [5, 5.41) is 3.04. The topological polar surface area (TPSA) is 90.1 Å². The molecule has 6 heteroatoms. The Labute approximate surface area is 87.9 Å². The minimum atomic E-state index is -0.609. The van der Waals surface area contributed by atoms with Crippen molar-refractivity contribution in [1.82, 2.24) is 9.97 Å². The Bertz CT molecular complexity index is 365. The lowest BCUT2D eigenvalue weighted by Crippen LogP contribution is -2.17. The van der Waals surface area contributed by atoms with Crippen molar-refractivity contribution in [3.8, 4) is 6.01 Å². The first-order valence-electron chi connectivity index (χ1n) is 4.52. The monoisotopic (exact) mass is 210 g/mol. The second kappa shape index (κ2) is 4.59. The summed E-state index contributed by atoms with van der Waals surface area (Å²) < 4.78 is 4.86. The number of aromatic nitrogens is 2. The fraction of sp³-hybridized carbons (Fsp3) is 0.444. The van der Waals surface area contributed by atoms with Crippen LogP contribution < -0.4 is 15.8 Å². The number of hydrogen-bond acceptors (Lipinski definition) is 5. The predicted molar refractivity (Wildman–Crippen MR) is 55.9 cm³/mol. The Morgan fingerprint density at radius 3 is 2.67 bits per heavy atom. The minimum Gasteiger partial charge on any atom is -0.467 e. The fourth-order valence-electron chi connectivity index (χ4n) is 1.01. The molecule has 0 aromatic carbocycles. The number of hydrogen-bond donors (Lipinski definition) is 2. The first kappa shape index (κ1) is 11.2. The zero-order valence-corrected chi connectivity index (χ0v) is 8.94. The van der Waals surface area contributed by atoms with Gasteiger partial charge in [0.2, 0.25) is 0 Å². The van der Waals surface area contributed by atoms with Crippen LogP contribution in [0.4, 0.5) is 5.82 Å². The molecular weight excluding hydrogens is 196 g/mol. The Hall–Kier alpha value is -1.85. The molecule has 0 bridgehead atoms. The van der Waals surface area contributed by atoms with Crippen molar-refractivity contribution in [1.29, 1.82) is 0 Å². The lowest BCUT2D eigenvalue weighted by molar-refractivity contribution is 0.0994. The first-order chi connectivity index (χ1) is 7.02. The van der Waals surface area contributed by atoms with Crippen LogP contribution in [0, 0.1) is 0 Å². The number of carbonyl (C=O) groups excluding carboxylic acids is 1. The zero-order chi connectivity index (χ0) is 11.4. The Morgan fingerprint density at radius 2 is 2.20 bits per heavy atom. The molecule has 0 saturated carbocycles. The predicted octanol–water partition coefficient (Wildman–Crippen LogP) is 0.404. The molecule has 0 radical (unpaired) electrons. The van der Waals surface area contributed by atoms with E-state index in [1.807, 2.05) is 13.8 Å². The number of nitrogens with zero attached hydrogens (tertiary/aromatic N) is 2. The van der Waals surface area contributed by atoms with E-state index in [2.05, 4.69) is 15.3 Å². The van der Waals surface area contributed by atoms with E-state index in [9.17, 15) is 4.79 Å². The summed E-state index contributed by atoms with van der Waals surface area (Å²) in [7, 11) is 1.43. The van der Waals surface area contributed by atoms with Gasteiger partial charge in [0.05, 0.1) is 7.11 Å². The average molecular weight is 210 g/mol. The molecule has 0 aliphatic heterocycles. The Kier molecular flexibility index (Phi) is 3.43. The number of primary amides is 1. The fourth-order valence-corrected chi connectivity index (χ4v) is 1.01. The van der Waals surface area contributed by atoms with Gasteiger partial charge in [0, 0.05) is 12.1 Å². The number of methoxy groups -OCH3 is 1. The van der Waals surface area contributed by atoms with Gasteiger partial charge in [-0.15, -0.1) is 0 Å². The second-order valence-electron chi connectivity index (χ2n) is 3.29. The van der Waals surface area contributed by atoms with Gasteiger partial charge in [-0.3, -0.25) is 4.79 Å². The van der Waals surface area contributed by atoms with E-state index in [0.29, 0.717) is 5.82 Å². The van der Waals surface area contributed by atoms with Gasteiger partial charge in [-0.05, 0) is 13.8 Å². The maximum Gasteiger partial charge on any atom is 0.318 e. The van der Waals surface area contributed by atoms with Crippen molar-refractivity contribution in [2.45, 2.75) is 19.9 Å². The summed E-state index contributed by atoms with van der Waals surface area (Å²) in [5.74, 6) is -0.0897. The highest BCUT2D eigenvalue weighted by Gasteiger charge is 2.09. The highest BCUT2D eigenvalue weighted by Crippen LogP contribution is 2.12. The van der Waals surface area contributed by atoms with E-state index < -0.39 is 5.91 Å². The lowest BCUT2D eigenvalue weighted by Gasteiger charge is -2.10. The number of carbonyl (C=O) groups is 1. The van der Waals surface area contributed by atoms with E-state index in [1.165, 1.54) is 13.2 Å². The number of amides is 1. The lowest BCUT2D eigenvalue weighted by atomic mass is 10.3. The van der Waals surface area contributed by atoms with E-state index in [4.69, 9.17) is 10.5 Å². The van der Waals surface area contributed by atoms with Crippen molar-refractivity contribution < 1.29 is 9.53 Å². The van der Waals surface area contributed by atoms with Crippen molar-refractivity contribution in [2.75, 3.05) is 12.4 Å². The molecule has 0 spiro atoms. The van der Waals surface area contributed by atoms with Crippen LogP contribution in [0.15, 0.2) is 6.07 Å². The van der Waals surface area contributed by atoms with E-state index in [0.717, 1.165) is 0 Å². The summed E-state index contributed by atoms with van der Waals surface area (Å²) in [5.41, 5.74) is 5.25. The van der Waals surface area contributed by atoms with Crippen LogP contribution in [0.5, 0.6) is 6.01 Å². The normalized spacial score (nSPS) is 10.1. The van der Waals surface area contributed by atoms with Gasteiger partial charge in [-0.2, -0.15) is 9.97 Å². The molecule has 1 rings (SSSR count). The number of ether oxygens (including phenoxy) is 1. The van der Waals surface area contributed by atoms with E-state index >= 15 is 0 Å². The summed E-state index contributed by atoms with van der Waals surface area (Å²) in [6.45, 7) is 3.91. The molecule has 0 aliphatic carbocycles. The molecule has 82 valence electrons. The van der Waals surface area contributed by atoms with Crippen molar-refractivity contribution in [2.24, 2.45) is 5.73 Å². The van der Waals surface area contributed by atoms with Crippen LogP contribution in [0.1, 0.15) is 24.3 Å². The van der Waals surface area contributed by atoms with Crippen molar-refractivity contribution in [3.63, 3.8) is 0 Å². The van der Waals surface area contributed by atoms with Gasteiger partial charge in [0.1, 0.15) is 11.5 Å². The number of nitrogens with one attached hydrogen (secondary N) is 1. The van der Waals surface area contributed by atoms with E-state index in [-0.39, 0.29) is 17.7 Å². The van der Waals surface area contributed by atoms with Gasteiger partial charge >= 0.3 is 6.01 Å². The third-order valence-electron chi connectivity index (χ3n) is 1.58. The maximum absolute atomic E-state index is 11.0. The highest BCUT2D eigenvalue weighted by molar-refractivity contribution is 5.91. The summed E-state index contributed by atoms with van der Waals surface area (Å²) >= 11 is 0. The Morgan fingerprint density at radius 1 is 1.53 bits per heavy atom. The number of nitrogens with two attached hydrogens (primary N) is 1. The number of rotatable bonds is 4. The molecule has 1 heterocycles. The average Bonchev–Trinajstić information content (AvgIpc) is 2.16. The van der Waals surface area contributed by atoms with E-state index in [1.54, 1.807) is 0 Å². The molecule has 6 nitrogen and oxygen atoms in total. The highest BCUT2D eigenvalue weighted by atomic mass is 16.5. The van der Waals surface area contributed by atoms with Crippen LogP contribution in [0.25, 0.3) is 0 Å². The van der Waals surface area contributed by atoms with Crippen LogP contribution >= 0.6 is 0 Å². The summed E-state index contributed by atoms with van der Waals surface area (Å²) in [6.07, 6.45) is 0. The molecule has 0 unspecified atom stereocenters. The SMILES string of the molecule is COc1nc(NC(C)C)cc(C(N)=O)n1. The second-order valence-corrected chi connectivity index (χ2v) is 3.29. The van der Waals surface area contributed by atoms with Crippen LogP contribution in [0.2, 0.25) is 0 Å². The van der Waals surface area contributed by atoms with Crippen LogP contribution in [0.3, 0.4) is 0 Å². The standard InChI is InChI=1S/C9H14N4O2/c1-5(2)11-7-4-6(8(10)14)12-9(13-7)15-3/h4-5H,1-3H3,(H2,10,14)(H,11,12,13).